The molecule has 4 rings (SSSR count). The normalized spacial score (nSPS) is 16.6. The number of nitrogens with zero attached hydrogens (tertiary/aromatic N) is 3. The highest BCUT2D eigenvalue weighted by Crippen LogP contribution is 2.44. The zero-order valence-electron chi connectivity index (χ0n) is 21.8. The number of benzene rings is 2. The predicted octanol–water partition coefficient (Wildman–Crippen LogP) is 4.87. The Hall–Kier alpha value is -4.58. The molecule has 2 aromatic carbocycles. The van der Waals surface area contributed by atoms with E-state index in [4.69, 9.17) is 9.47 Å². The summed E-state index contributed by atoms with van der Waals surface area (Å²) in [4.78, 5) is 55.2. The van der Waals surface area contributed by atoms with Gasteiger partial charge in [-0.15, -0.1) is 0 Å². The molecule has 1 atom stereocenters. The highest BCUT2D eigenvalue weighted by molar-refractivity contribution is 7.17. The summed E-state index contributed by atoms with van der Waals surface area (Å²) >= 11 is 0.860. The minimum absolute atomic E-state index is 0.0364. The molecule has 0 aliphatic carbocycles. The number of esters is 1. The third-order valence-corrected chi connectivity index (χ3v) is 7.17. The Morgan fingerprint density at radius 3 is 2.38 bits per heavy atom. The van der Waals surface area contributed by atoms with Gasteiger partial charge in [0.25, 0.3) is 11.5 Å². The molecule has 0 bridgehead atoms. The molecule has 1 aliphatic heterocycles. The predicted molar refractivity (Wildman–Crippen MR) is 143 cm³/mol. The van der Waals surface area contributed by atoms with Crippen LogP contribution >= 0.6 is 11.3 Å². The lowest BCUT2D eigenvalue weighted by atomic mass is 9.94. The molecule has 1 fully saturated rings. The molecule has 1 amide bonds. The molecule has 39 heavy (non-hydrogen) atoms. The van der Waals surface area contributed by atoms with Crippen LogP contribution in [-0.2, 0) is 14.3 Å². The second-order valence-corrected chi connectivity index (χ2v) is 10.0. The first-order chi connectivity index (χ1) is 18.4. The summed E-state index contributed by atoms with van der Waals surface area (Å²) in [6.07, 6.45) is -0.0766. The van der Waals surface area contributed by atoms with Gasteiger partial charge in [0.1, 0.15) is 16.4 Å². The molecular formula is C27H25N3O8S. The van der Waals surface area contributed by atoms with E-state index in [0.29, 0.717) is 22.6 Å². The number of rotatable bonds is 7. The van der Waals surface area contributed by atoms with Crippen LogP contribution in [0.4, 0.5) is 10.8 Å². The highest BCUT2D eigenvalue weighted by atomic mass is 32.1. The Kier molecular flexibility index (Phi) is 7.50. The van der Waals surface area contributed by atoms with E-state index < -0.39 is 34.4 Å². The van der Waals surface area contributed by atoms with Gasteiger partial charge in [0.05, 0.1) is 35.4 Å². The van der Waals surface area contributed by atoms with Crippen LogP contribution in [0.1, 0.15) is 51.9 Å². The summed E-state index contributed by atoms with van der Waals surface area (Å²) in [6, 6.07) is 8.99. The lowest BCUT2D eigenvalue weighted by Crippen LogP contribution is -2.29. The van der Waals surface area contributed by atoms with Gasteiger partial charge in [0.2, 0.25) is 0 Å². The number of aryl methyl sites for hydroxylation is 2. The number of hydrogen-bond acceptors (Lipinski definition) is 10. The molecule has 2 heterocycles. The van der Waals surface area contributed by atoms with Gasteiger partial charge in [-0.25, -0.2) is 9.78 Å². The second-order valence-electron chi connectivity index (χ2n) is 9.07. The SMILES string of the molecule is COC(=O)c1sc(N2C(=O)C(=O)/C(=C(/O)c3ccc(OC(C)C)c(C)c3)C2c2ccc([N+](=O)[O-])cc2)nc1C. The zero-order valence-corrected chi connectivity index (χ0v) is 22.6. The van der Waals surface area contributed by atoms with Crippen LogP contribution in [0.5, 0.6) is 5.75 Å². The van der Waals surface area contributed by atoms with Crippen molar-refractivity contribution in [2.75, 3.05) is 12.0 Å². The standard InChI is InChI=1S/C27H25N3O8S/c1-13(2)38-19-11-8-17(12-14(19)3)22(31)20-21(16-6-9-18(10-7-16)30(35)36)29(25(33)23(20)32)27-28-15(4)24(39-27)26(34)37-5/h6-13,21,31H,1-5H3/b22-20+. The zero-order chi connectivity index (χ0) is 28.6. The number of aromatic nitrogens is 1. The molecule has 11 nitrogen and oxygen atoms in total. The molecule has 0 radical (unpaired) electrons. The van der Waals surface area contributed by atoms with E-state index in [1.54, 1.807) is 32.0 Å². The Morgan fingerprint density at radius 2 is 1.82 bits per heavy atom. The summed E-state index contributed by atoms with van der Waals surface area (Å²) in [6.45, 7) is 7.11. The molecule has 1 unspecified atom stereocenters. The fraction of sp³-hybridized carbons (Fsp3) is 0.259. The van der Waals surface area contributed by atoms with Crippen LogP contribution in [-0.4, -0.2) is 45.9 Å². The fourth-order valence-corrected chi connectivity index (χ4v) is 5.24. The number of hydrogen-bond donors (Lipinski definition) is 1. The van der Waals surface area contributed by atoms with Gasteiger partial charge in [-0.2, -0.15) is 0 Å². The molecule has 0 spiro atoms. The Balaban J connectivity index is 1.91. The first-order valence-electron chi connectivity index (χ1n) is 11.8. The first-order valence-corrected chi connectivity index (χ1v) is 12.6. The van der Waals surface area contributed by atoms with Gasteiger partial charge in [-0.05, 0) is 69.2 Å². The van der Waals surface area contributed by atoms with Gasteiger partial charge in [0.15, 0.2) is 5.13 Å². The van der Waals surface area contributed by atoms with Crippen LogP contribution in [0.2, 0.25) is 0 Å². The minimum atomic E-state index is -1.17. The molecule has 1 N–H and O–H groups in total. The average molecular weight is 552 g/mol. The number of Topliss-reactive ketones (excluding diaryl/α,β-unsaturated/α-hetero) is 1. The van der Waals surface area contributed by atoms with Gasteiger partial charge in [-0.1, -0.05) is 11.3 Å². The van der Waals surface area contributed by atoms with E-state index in [9.17, 15) is 29.6 Å². The Bertz CT molecular complexity index is 1520. The van der Waals surface area contributed by atoms with E-state index in [0.717, 1.165) is 16.2 Å². The number of methoxy groups -OCH3 is 1. The van der Waals surface area contributed by atoms with E-state index >= 15 is 0 Å². The topological polar surface area (TPSA) is 149 Å². The maximum atomic E-state index is 13.4. The third-order valence-electron chi connectivity index (χ3n) is 6.04. The van der Waals surface area contributed by atoms with Crippen molar-refractivity contribution in [2.45, 2.75) is 39.8 Å². The van der Waals surface area contributed by atoms with Gasteiger partial charge in [-0.3, -0.25) is 24.6 Å². The second kappa shape index (κ2) is 10.7. The molecule has 1 saturated heterocycles. The third kappa shape index (κ3) is 5.10. The summed E-state index contributed by atoms with van der Waals surface area (Å²) in [5.74, 6) is -2.42. The van der Waals surface area contributed by atoms with Gasteiger partial charge >= 0.3 is 11.9 Å². The van der Waals surface area contributed by atoms with Gasteiger partial charge < -0.3 is 14.6 Å². The Morgan fingerprint density at radius 1 is 1.15 bits per heavy atom. The molecule has 12 heteroatoms. The van der Waals surface area contributed by atoms with Crippen molar-refractivity contribution in [2.24, 2.45) is 0 Å². The Labute approximate surface area is 227 Å². The van der Waals surface area contributed by atoms with Crippen LogP contribution < -0.4 is 9.64 Å². The number of ketones is 1. The summed E-state index contributed by atoms with van der Waals surface area (Å²) in [5.41, 5.74) is 1.18. The number of ether oxygens (including phenoxy) is 2. The smallest absolute Gasteiger partial charge is 0.350 e. The minimum Gasteiger partial charge on any atom is -0.507 e. The van der Waals surface area contributed by atoms with E-state index in [1.807, 2.05) is 13.8 Å². The van der Waals surface area contributed by atoms with Crippen molar-refractivity contribution >= 4 is 45.6 Å². The lowest BCUT2D eigenvalue weighted by molar-refractivity contribution is -0.384. The number of carbonyl (C=O) groups is 3. The highest BCUT2D eigenvalue weighted by Gasteiger charge is 2.48. The molecule has 0 saturated carbocycles. The molecular weight excluding hydrogens is 526 g/mol. The van der Waals surface area contributed by atoms with Crippen molar-refractivity contribution < 1.29 is 33.9 Å². The molecule has 3 aromatic rings. The molecule has 202 valence electrons. The number of carbonyl (C=O) groups excluding carboxylic acids is 3. The van der Waals surface area contributed by atoms with Crippen molar-refractivity contribution in [3.05, 3.63) is 85.4 Å². The van der Waals surface area contributed by atoms with E-state index in [2.05, 4.69) is 4.98 Å². The van der Waals surface area contributed by atoms with Gasteiger partial charge in [0, 0.05) is 17.7 Å². The number of aliphatic hydroxyl groups excluding tert-OH is 1. The summed E-state index contributed by atoms with van der Waals surface area (Å²) in [7, 11) is 1.21. The van der Waals surface area contributed by atoms with Crippen molar-refractivity contribution in [3.63, 3.8) is 0 Å². The van der Waals surface area contributed by atoms with Crippen LogP contribution in [0.3, 0.4) is 0 Å². The lowest BCUT2D eigenvalue weighted by Gasteiger charge is -2.23. The number of anilines is 1. The monoisotopic (exact) mass is 551 g/mol. The van der Waals surface area contributed by atoms with Crippen LogP contribution in [0, 0.1) is 24.0 Å². The van der Waals surface area contributed by atoms with Crippen LogP contribution in [0.25, 0.3) is 5.76 Å². The summed E-state index contributed by atoms with van der Waals surface area (Å²) < 4.78 is 10.5. The fourth-order valence-electron chi connectivity index (χ4n) is 4.23. The number of thiazole rings is 1. The number of nitro benzene ring substituents is 1. The van der Waals surface area contributed by atoms with Crippen molar-refractivity contribution in [3.8, 4) is 5.75 Å². The maximum absolute atomic E-state index is 13.4. The summed E-state index contributed by atoms with van der Waals surface area (Å²) in [5, 5.41) is 22.6. The van der Waals surface area contributed by atoms with Crippen molar-refractivity contribution in [1.82, 2.24) is 4.98 Å². The van der Waals surface area contributed by atoms with Crippen LogP contribution in [0.15, 0.2) is 48.0 Å². The largest absolute Gasteiger partial charge is 0.507 e. The van der Waals surface area contributed by atoms with E-state index in [1.165, 1.54) is 31.4 Å². The van der Waals surface area contributed by atoms with Crippen molar-refractivity contribution in [1.29, 1.82) is 0 Å². The quantitative estimate of drug-likeness (QED) is 0.108. The number of non-ortho nitro benzene ring substituents is 1. The number of aliphatic hydroxyl groups is 1. The maximum Gasteiger partial charge on any atom is 0.350 e. The van der Waals surface area contributed by atoms with E-state index in [-0.39, 0.29) is 32.9 Å². The molecule has 1 aliphatic rings. The average Bonchev–Trinajstić information content (AvgIpc) is 3.40. The number of amides is 1. The molecule has 1 aromatic heterocycles. The first kappa shape index (κ1) is 27.5. The number of nitro groups is 1.